The van der Waals surface area contributed by atoms with Crippen molar-refractivity contribution in [3.63, 3.8) is 0 Å². The van der Waals surface area contributed by atoms with Gasteiger partial charge in [-0.25, -0.2) is 19.2 Å². The largest absolute Gasteiger partial charge is 0.393 e. The Morgan fingerprint density at radius 2 is 1.84 bits per heavy atom. The van der Waals surface area contributed by atoms with Crippen molar-refractivity contribution in [3.8, 4) is 11.3 Å². The van der Waals surface area contributed by atoms with Gasteiger partial charge in [0.05, 0.1) is 29.5 Å². The number of hydrogen-bond acceptors (Lipinski definition) is 5. The maximum Gasteiger partial charge on any atom is 0.393 e. The van der Waals surface area contributed by atoms with E-state index in [1.807, 2.05) is 36.4 Å². The Morgan fingerprint density at radius 1 is 1.00 bits per heavy atom. The fraction of sp³-hybridized carbons (Fsp3) is 0.346. The SMILES string of the molecule is O=C(Nc1ccc(F)cn1)N1c2nc(-c3cccc(N4CCC(C(F)(F)F)C4)c3)ccc2N2CC[C@H]1C2. The topological polar surface area (TPSA) is 64.6 Å². The minimum atomic E-state index is -4.20. The molecule has 2 fully saturated rings. The summed E-state index contributed by atoms with van der Waals surface area (Å²) in [6.45, 7) is 1.75. The number of urea groups is 1. The zero-order valence-corrected chi connectivity index (χ0v) is 19.7. The molecule has 192 valence electrons. The highest BCUT2D eigenvalue weighted by Gasteiger charge is 2.44. The molecule has 0 saturated carbocycles. The molecule has 11 heteroatoms. The van der Waals surface area contributed by atoms with Gasteiger partial charge in [-0.2, -0.15) is 13.2 Å². The standard InChI is InChI=1S/C26H24F4N6O/c27-18-4-7-23(31-13-18)33-25(37)36-20-9-11-35(15-20)22-6-5-21(32-24(22)36)16-2-1-3-19(12-16)34-10-8-17(14-34)26(28,29)30/h1-7,12-13,17,20H,8-11,14-15H2,(H,31,33,37)/t17?,20-/m0/s1. The van der Waals surface area contributed by atoms with E-state index in [0.717, 1.165) is 30.4 Å². The number of benzene rings is 1. The van der Waals surface area contributed by atoms with E-state index in [4.69, 9.17) is 4.98 Å². The van der Waals surface area contributed by atoms with Crippen molar-refractivity contribution < 1.29 is 22.4 Å². The molecule has 37 heavy (non-hydrogen) atoms. The van der Waals surface area contributed by atoms with Crippen molar-refractivity contribution in [3.05, 3.63) is 60.5 Å². The average Bonchev–Trinajstić information content (AvgIpc) is 3.54. The summed E-state index contributed by atoms with van der Waals surface area (Å²) in [6.07, 6.45) is -2.30. The second kappa shape index (κ2) is 8.89. The Kier molecular flexibility index (Phi) is 5.65. The number of fused-ring (bicyclic) bond motifs is 4. The van der Waals surface area contributed by atoms with Gasteiger partial charge in [-0.3, -0.25) is 10.2 Å². The first-order chi connectivity index (χ1) is 17.8. The number of nitrogens with one attached hydrogen (secondary N) is 1. The van der Waals surface area contributed by atoms with Gasteiger partial charge in [0.1, 0.15) is 11.6 Å². The van der Waals surface area contributed by atoms with Gasteiger partial charge in [0.15, 0.2) is 5.82 Å². The summed E-state index contributed by atoms with van der Waals surface area (Å²) in [4.78, 5) is 27.7. The van der Waals surface area contributed by atoms with Crippen LogP contribution in [-0.4, -0.2) is 54.4 Å². The molecular formula is C26H24F4N6O. The van der Waals surface area contributed by atoms with E-state index in [0.29, 0.717) is 30.3 Å². The molecule has 2 bridgehead atoms. The second-order valence-electron chi connectivity index (χ2n) is 9.61. The van der Waals surface area contributed by atoms with Crippen LogP contribution in [0.15, 0.2) is 54.7 Å². The Labute approximate surface area is 210 Å². The molecule has 1 unspecified atom stereocenters. The molecule has 1 N–H and O–H groups in total. The van der Waals surface area contributed by atoms with Crippen LogP contribution < -0.4 is 20.0 Å². The summed E-state index contributed by atoms with van der Waals surface area (Å²) in [6, 6.07) is 13.3. The molecule has 0 radical (unpaired) electrons. The molecule has 3 aliphatic rings. The summed E-state index contributed by atoms with van der Waals surface area (Å²) in [5, 5.41) is 2.74. The normalized spacial score (nSPS) is 20.8. The number of carbonyl (C=O) groups excluding carboxylic acids is 1. The van der Waals surface area contributed by atoms with Crippen molar-refractivity contribution in [1.82, 2.24) is 9.97 Å². The summed E-state index contributed by atoms with van der Waals surface area (Å²) in [5.74, 6) is -1.08. The van der Waals surface area contributed by atoms with E-state index in [1.54, 1.807) is 9.80 Å². The molecule has 0 aliphatic carbocycles. The lowest BCUT2D eigenvalue weighted by molar-refractivity contribution is -0.168. The summed E-state index contributed by atoms with van der Waals surface area (Å²) >= 11 is 0. The van der Waals surface area contributed by atoms with Crippen LogP contribution in [0.5, 0.6) is 0 Å². The minimum absolute atomic E-state index is 0.0629. The first-order valence-corrected chi connectivity index (χ1v) is 12.2. The molecule has 2 atom stereocenters. The summed E-state index contributed by atoms with van der Waals surface area (Å²) in [7, 11) is 0. The van der Waals surface area contributed by atoms with Crippen LogP contribution in [0.2, 0.25) is 0 Å². The van der Waals surface area contributed by atoms with Gasteiger partial charge in [-0.15, -0.1) is 0 Å². The van der Waals surface area contributed by atoms with Crippen LogP contribution in [-0.2, 0) is 0 Å². The average molecular weight is 513 g/mol. The number of pyridine rings is 2. The van der Waals surface area contributed by atoms with E-state index in [9.17, 15) is 22.4 Å². The number of carbonyl (C=O) groups is 1. The zero-order valence-electron chi connectivity index (χ0n) is 19.7. The molecule has 2 saturated heterocycles. The number of nitrogens with zero attached hydrogens (tertiary/aromatic N) is 5. The van der Waals surface area contributed by atoms with Gasteiger partial charge >= 0.3 is 12.2 Å². The smallest absolute Gasteiger partial charge is 0.371 e. The minimum Gasteiger partial charge on any atom is -0.371 e. The second-order valence-corrected chi connectivity index (χ2v) is 9.61. The van der Waals surface area contributed by atoms with Crippen molar-refractivity contribution in [1.29, 1.82) is 0 Å². The summed E-state index contributed by atoms with van der Waals surface area (Å²) in [5.41, 5.74) is 2.92. The molecule has 5 heterocycles. The van der Waals surface area contributed by atoms with E-state index >= 15 is 0 Å². The van der Waals surface area contributed by atoms with E-state index in [1.165, 1.54) is 12.1 Å². The van der Waals surface area contributed by atoms with Crippen LogP contribution in [0.25, 0.3) is 11.3 Å². The Hall–Kier alpha value is -3.89. The zero-order chi connectivity index (χ0) is 25.7. The highest BCUT2D eigenvalue weighted by Crippen LogP contribution is 2.41. The molecule has 1 aromatic carbocycles. The van der Waals surface area contributed by atoms with Gasteiger partial charge in [-0.1, -0.05) is 12.1 Å². The van der Waals surface area contributed by atoms with Crippen molar-refractivity contribution in [2.45, 2.75) is 25.1 Å². The van der Waals surface area contributed by atoms with Gasteiger partial charge < -0.3 is 9.80 Å². The predicted octanol–water partition coefficient (Wildman–Crippen LogP) is 5.30. The molecule has 7 nitrogen and oxygen atoms in total. The first kappa shape index (κ1) is 23.5. The molecule has 2 amide bonds. The molecule has 6 rings (SSSR count). The number of rotatable bonds is 3. The first-order valence-electron chi connectivity index (χ1n) is 12.2. The molecule has 3 aromatic rings. The van der Waals surface area contributed by atoms with Gasteiger partial charge in [-0.05, 0) is 49.2 Å². The van der Waals surface area contributed by atoms with E-state index < -0.39 is 23.9 Å². The fourth-order valence-corrected chi connectivity index (χ4v) is 5.38. The van der Waals surface area contributed by atoms with Gasteiger partial charge in [0.2, 0.25) is 0 Å². The molecule has 2 aromatic heterocycles. The number of halogens is 4. The van der Waals surface area contributed by atoms with Crippen molar-refractivity contribution in [2.24, 2.45) is 5.92 Å². The van der Waals surface area contributed by atoms with E-state index in [-0.39, 0.29) is 24.8 Å². The third-order valence-corrected chi connectivity index (χ3v) is 7.29. The predicted molar refractivity (Wildman–Crippen MR) is 132 cm³/mol. The maximum atomic E-state index is 13.3. The third kappa shape index (κ3) is 4.42. The van der Waals surface area contributed by atoms with Gasteiger partial charge in [0, 0.05) is 37.4 Å². The number of anilines is 4. The highest BCUT2D eigenvalue weighted by atomic mass is 19.4. The number of hydrogen-bond donors (Lipinski definition) is 1. The number of amides is 2. The van der Waals surface area contributed by atoms with Crippen molar-refractivity contribution in [2.75, 3.05) is 46.2 Å². The Morgan fingerprint density at radius 3 is 2.59 bits per heavy atom. The summed E-state index contributed by atoms with van der Waals surface area (Å²) < 4.78 is 52.8. The fourth-order valence-electron chi connectivity index (χ4n) is 5.38. The van der Waals surface area contributed by atoms with Crippen LogP contribution >= 0.6 is 0 Å². The lowest BCUT2D eigenvalue weighted by Gasteiger charge is -2.35. The monoisotopic (exact) mass is 512 g/mol. The van der Waals surface area contributed by atoms with Crippen LogP contribution in [0, 0.1) is 11.7 Å². The van der Waals surface area contributed by atoms with Gasteiger partial charge in [0.25, 0.3) is 0 Å². The van der Waals surface area contributed by atoms with Crippen LogP contribution in [0.1, 0.15) is 12.8 Å². The molecule has 3 aliphatic heterocycles. The Balaban J connectivity index is 1.30. The lowest BCUT2D eigenvalue weighted by Crippen LogP contribution is -2.48. The number of aromatic nitrogens is 2. The van der Waals surface area contributed by atoms with Crippen molar-refractivity contribution >= 4 is 29.0 Å². The van der Waals surface area contributed by atoms with Crippen LogP contribution in [0.4, 0.5) is 45.4 Å². The number of alkyl halides is 3. The molecular weight excluding hydrogens is 488 g/mol. The molecule has 0 spiro atoms. The Bertz CT molecular complexity index is 1330. The quantitative estimate of drug-likeness (QED) is 0.483. The lowest BCUT2D eigenvalue weighted by atomic mass is 10.1. The highest BCUT2D eigenvalue weighted by molar-refractivity contribution is 6.04. The third-order valence-electron chi connectivity index (χ3n) is 7.29. The van der Waals surface area contributed by atoms with E-state index in [2.05, 4.69) is 15.2 Å². The van der Waals surface area contributed by atoms with Crippen LogP contribution in [0.3, 0.4) is 0 Å². The maximum absolute atomic E-state index is 13.3.